The SMILES string of the molecule is COc1ccccc1-c1ncc(CN2CCCC[C@H](N(C)C)C2)s1. The molecule has 1 aromatic heterocycles. The van der Waals surface area contributed by atoms with E-state index in [4.69, 9.17) is 4.74 Å². The predicted octanol–water partition coefficient (Wildman–Crippen LogP) is 3.73. The van der Waals surface area contributed by atoms with Crippen LogP contribution in [0.1, 0.15) is 24.1 Å². The molecule has 0 bridgehead atoms. The Morgan fingerprint density at radius 2 is 2.12 bits per heavy atom. The molecular weight excluding hydrogens is 318 g/mol. The minimum atomic E-state index is 0.661. The Balaban J connectivity index is 1.71. The first kappa shape index (κ1) is 17.4. The molecule has 0 amide bonds. The Kier molecular flexibility index (Phi) is 5.87. The second-order valence-electron chi connectivity index (χ2n) is 6.68. The van der Waals surface area contributed by atoms with E-state index >= 15 is 0 Å². The van der Waals surface area contributed by atoms with Gasteiger partial charge >= 0.3 is 0 Å². The maximum Gasteiger partial charge on any atom is 0.129 e. The lowest BCUT2D eigenvalue weighted by molar-refractivity contribution is 0.192. The Hall–Kier alpha value is -1.43. The summed E-state index contributed by atoms with van der Waals surface area (Å²) >= 11 is 1.78. The number of nitrogens with zero attached hydrogens (tertiary/aromatic N) is 3. The molecular formula is C19H27N3OS. The van der Waals surface area contributed by atoms with Gasteiger partial charge < -0.3 is 9.64 Å². The number of para-hydroxylation sites is 1. The van der Waals surface area contributed by atoms with Crippen molar-refractivity contribution in [3.8, 4) is 16.3 Å². The number of thiazole rings is 1. The van der Waals surface area contributed by atoms with E-state index < -0.39 is 0 Å². The first-order valence-electron chi connectivity index (χ1n) is 8.64. The second kappa shape index (κ2) is 8.10. The van der Waals surface area contributed by atoms with E-state index in [1.165, 1.54) is 30.7 Å². The maximum atomic E-state index is 5.47. The quantitative estimate of drug-likeness (QED) is 0.825. The summed E-state index contributed by atoms with van der Waals surface area (Å²) in [5.74, 6) is 0.890. The summed E-state index contributed by atoms with van der Waals surface area (Å²) < 4.78 is 5.47. The minimum Gasteiger partial charge on any atom is -0.496 e. The molecule has 4 nitrogen and oxygen atoms in total. The van der Waals surface area contributed by atoms with Gasteiger partial charge in [0.25, 0.3) is 0 Å². The Bertz CT molecular complexity index is 656. The molecule has 24 heavy (non-hydrogen) atoms. The van der Waals surface area contributed by atoms with E-state index in [0.717, 1.165) is 29.4 Å². The topological polar surface area (TPSA) is 28.6 Å². The first-order chi connectivity index (χ1) is 11.7. The van der Waals surface area contributed by atoms with Crippen LogP contribution in [-0.4, -0.2) is 55.1 Å². The standard InChI is InChI=1S/C19H27N3OS/c1-21(2)15-8-6-7-11-22(13-15)14-16-12-20-19(24-16)17-9-4-5-10-18(17)23-3/h4-5,9-10,12,15H,6-8,11,13-14H2,1-3H3/t15-/m0/s1. The monoisotopic (exact) mass is 345 g/mol. The fourth-order valence-corrected chi connectivity index (χ4v) is 4.29. The lowest BCUT2D eigenvalue weighted by Gasteiger charge is -2.28. The van der Waals surface area contributed by atoms with Crippen LogP contribution in [-0.2, 0) is 6.54 Å². The van der Waals surface area contributed by atoms with Crippen molar-refractivity contribution in [3.05, 3.63) is 35.3 Å². The van der Waals surface area contributed by atoms with Crippen LogP contribution in [0.3, 0.4) is 0 Å². The summed E-state index contributed by atoms with van der Waals surface area (Å²) in [4.78, 5) is 10.9. The van der Waals surface area contributed by atoms with Crippen LogP contribution in [0.2, 0.25) is 0 Å². The zero-order valence-electron chi connectivity index (χ0n) is 14.9. The van der Waals surface area contributed by atoms with Crippen molar-refractivity contribution in [3.63, 3.8) is 0 Å². The van der Waals surface area contributed by atoms with Crippen molar-refractivity contribution in [2.45, 2.75) is 31.8 Å². The molecule has 0 unspecified atom stereocenters. The van der Waals surface area contributed by atoms with Gasteiger partial charge in [-0.3, -0.25) is 4.90 Å². The highest BCUT2D eigenvalue weighted by Crippen LogP contribution is 2.33. The largest absolute Gasteiger partial charge is 0.496 e. The number of likely N-dealkylation sites (tertiary alicyclic amines) is 1. The number of rotatable bonds is 5. The third kappa shape index (κ3) is 4.15. The molecule has 1 atom stereocenters. The summed E-state index contributed by atoms with van der Waals surface area (Å²) in [5, 5.41) is 1.04. The van der Waals surface area contributed by atoms with E-state index in [0.29, 0.717) is 6.04 Å². The Labute approximate surface area is 149 Å². The zero-order chi connectivity index (χ0) is 16.9. The summed E-state index contributed by atoms with van der Waals surface area (Å²) in [6, 6.07) is 8.77. The van der Waals surface area contributed by atoms with Gasteiger partial charge in [-0.05, 0) is 45.6 Å². The number of benzene rings is 1. The molecule has 0 spiro atoms. The maximum absolute atomic E-state index is 5.47. The summed E-state index contributed by atoms with van der Waals surface area (Å²) in [7, 11) is 6.10. The highest BCUT2D eigenvalue weighted by molar-refractivity contribution is 7.15. The number of hydrogen-bond donors (Lipinski definition) is 0. The number of hydrogen-bond acceptors (Lipinski definition) is 5. The summed E-state index contributed by atoms with van der Waals surface area (Å²) in [6.07, 6.45) is 5.96. The molecule has 0 aliphatic carbocycles. The molecule has 0 radical (unpaired) electrons. The lowest BCUT2D eigenvalue weighted by Crippen LogP contribution is -2.38. The lowest BCUT2D eigenvalue weighted by atomic mass is 10.1. The smallest absolute Gasteiger partial charge is 0.129 e. The molecule has 2 aromatic rings. The fraction of sp³-hybridized carbons (Fsp3) is 0.526. The molecule has 1 aromatic carbocycles. The Morgan fingerprint density at radius 3 is 2.92 bits per heavy atom. The Morgan fingerprint density at radius 1 is 1.29 bits per heavy atom. The van der Waals surface area contributed by atoms with Crippen LogP contribution in [0.15, 0.2) is 30.5 Å². The molecule has 1 aliphatic rings. The van der Waals surface area contributed by atoms with Crippen LogP contribution >= 0.6 is 11.3 Å². The number of aromatic nitrogens is 1. The van der Waals surface area contributed by atoms with Gasteiger partial charge in [0, 0.05) is 30.2 Å². The summed E-state index contributed by atoms with van der Waals surface area (Å²) in [6.45, 7) is 3.33. The third-order valence-electron chi connectivity index (χ3n) is 4.73. The van der Waals surface area contributed by atoms with Gasteiger partial charge in [-0.1, -0.05) is 18.6 Å². The van der Waals surface area contributed by atoms with Gasteiger partial charge in [0.1, 0.15) is 10.8 Å². The number of methoxy groups -OCH3 is 1. The average molecular weight is 346 g/mol. The van der Waals surface area contributed by atoms with Crippen LogP contribution in [0, 0.1) is 0 Å². The molecule has 0 N–H and O–H groups in total. The predicted molar refractivity (Wildman–Crippen MR) is 101 cm³/mol. The molecule has 1 fully saturated rings. The molecule has 1 aliphatic heterocycles. The van der Waals surface area contributed by atoms with Crippen LogP contribution in [0.5, 0.6) is 5.75 Å². The zero-order valence-corrected chi connectivity index (χ0v) is 15.7. The number of ether oxygens (including phenoxy) is 1. The van der Waals surface area contributed by atoms with Crippen molar-refractivity contribution < 1.29 is 4.74 Å². The first-order valence-corrected chi connectivity index (χ1v) is 9.46. The summed E-state index contributed by atoms with van der Waals surface area (Å²) in [5.41, 5.74) is 1.08. The van der Waals surface area contributed by atoms with Crippen LogP contribution in [0.4, 0.5) is 0 Å². The molecule has 2 heterocycles. The van der Waals surface area contributed by atoms with Crippen LogP contribution in [0.25, 0.3) is 10.6 Å². The molecule has 3 rings (SSSR count). The van der Waals surface area contributed by atoms with E-state index in [1.807, 2.05) is 24.4 Å². The third-order valence-corrected chi connectivity index (χ3v) is 5.75. The van der Waals surface area contributed by atoms with E-state index in [9.17, 15) is 0 Å². The fourth-order valence-electron chi connectivity index (χ4n) is 3.31. The molecule has 5 heteroatoms. The van der Waals surface area contributed by atoms with E-state index in [1.54, 1.807) is 18.4 Å². The van der Waals surface area contributed by atoms with E-state index in [2.05, 4.69) is 34.9 Å². The van der Waals surface area contributed by atoms with E-state index in [-0.39, 0.29) is 0 Å². The highest BCUT2D eigenvalue weighted by atomic mass is 32.1. The van der Waals surface area contributed by atoms with Gasteiger partial charge in [-0.2, -0.15) is 0 Å². The van der Waals surface area contributed by atoms with Gasteiger partial charge in [-0.15, -0.1) is 11.3 Å². The minimum absolute atomic E-state index is 0.661. The van der Waals surface area contributed by atoms with Gasteiger partial charge in [0.05, 0.1) is 12.7 Å². The molecule has 130 valence electrons. The van der Waals surface area contributed by atoms with Crippen molar-refractivity contribution >= 4 is 11.3 Å². The van der Waals surface area contributed by atoms with Crippen LogP contribution < -0.4 is 4.74 Å². The van der Waals surface area contributed by atoms with Gasteiger partial charge in [0.15, 0.2) is 0 Å². The number of likely N-dealkylation sites (N-methyl/N-ethyl adjacent to an activating group) is 1. The normalized spacial score (nSPS) is 19.4. The van der Waals surface area contributed by atoms with Crippen molar-refractivity contribution in [2.24, 2.45) is 0 Å². The van der Waals surface area contributed by atoms with Gasteiger partial charge in [-0.25, -0.2) is 4.98 Å². The molecule has 1 saturated heterocycles. The molecule has 0 saturated carbocycles. The van der Waals surface area contributed by atoms with Crippen molar-refractivity contribution in [1.82, 2.24) is 14.8 Å². The average Bonchev–Trinajstić information content (AvgIpc) is 2.91. The highest BCUT2D eigenvalue weighted by Gasteiger charge is 2.20. The second-order valence-corrected chi connectivity index (χ2v) is 7.80. The van der Waals surface area contributed by atoms with Crippen molar-refractivity contribution in [2.75, 3.05) is 34.3 Å². The van der Waals surface area contributed by atoms with Crippen molar-refractivity contribution in [1.29, 1.82) is 0 Å². The van der Waals surface area contributed by atoms with Gasteiger partial charge in [0.2, 0.25) is 0 Å².